The zero-order valence-corrected chi connectivity index (χ0v) is 8.44. The predicted octanol–water partition coefficient (Wildman–Crippen LogP) is 1.18. The molecule has 0 aliphatic carbocycles. The normalized spacial score (nSPS) is 11.2. The summed E-state index contributed by atoms with van der Waals surface area (Å²) in [4.78, 5) is 21.6. The molecule has 5 heteroatoms. The maximum Gasteiger partial charge on any atom is 0.407 e. The molecule has 0 heterocycles. The van der Waals surface area contributed by atoms with Gasteiger partial charge in [0.1, 0.15) is 6.61 Å². The van der Waals surface area contributed by atoms with Crippen LogP contribution in [0.15, 0.2) is 25.3 Å². The summed E-state index contributed by atoms with van der Waals surface area (Å²) >= 11 is 0. The minimum Gasteiger partial charge on any atom is -0.481 e. The van der Waals surface area contributed by atoms with Gasteiger partial charge in [0, 0.05) is 6.54 Å². The lowest BCUT2D eigenvalue weighted by molar-refractivity contribution is -0.141. The number of ether oxygens (including phenoxy) is 1. The first-order valence-electron chi connectivity index (χ1n) is 4.47. The first-order chi connectivity index (χ1) is 7.11. The summed E-state index contributed by atoms with van der Waals surface area (Å²) in [5, 5.41) is 11.1. The van der Waals surface area contributed by atoms with Crippen molar-refractivity contribution in [3.8, 4) is 0 Å². The van der Waals surface area contributed by atoms with Gasteiger partial charge >= 0.3 is 12.1 Å². The smallest absolute Gasteiger partial charge is 0.407 e. The number of aliphatic carboxylic acids is 1. The number of alkyl carbamates (subject to hydrolysis) is 1. The molecular weight excluding hydrogens is 198 g/mol. The van der Waals surface area contributed by atoms with Crippen LogP contribution in [0.4, 0.5) is 4.79 Å². The van der Waals surface area contributed by atoms with E-state index in [4.69, 9.17) is 5.11 Å². The fourth-order valence-electron chi connectivity index (χ4n) is 0.865. The summed E-state index contributed by atoms with van der Waals surface area (Å²) in [6, 6.07) is 0. The number of allylic oxidation sites excluding steroid dienone is 1. The van der Waals surface area contributed by atoms with E-state index in [1.165, 1.54) is 12.2 Å². The average Bonchev–Trinajstić information content (AvgIpc) is 2.20. The van der Waals surface area contributed by atoms with Gasteiger partial charge in [0.2, 0.25) is 0 Å². The average molecular weight is 213 g/mol. The third-order valence-corrected chi connectivity index (χ3v) is 1.63. The molecule has 0 aromatic carbocycles. The molecule has 84 valence electrons. The third-order valence-electron chi connectivity index (χ3n) is 1.63. The molecule has 1 atom stereocenters. The lowest BCUT2D eigenvalue weighted by atomic mass is 10.1. The van der Waals surface area contributed by atoms with Crippen molar-refractivity contribution in [2.24, 2.45) is 5.92 Å². The summed E-state index contributed by atoms with van der Waals surface area (Å²) in [5.74, 6) is -1.64. The Labute approximate surface area is 88.4 Å². The Kier molecular flexibility index (Phi) is 6.70. The van der Waals surface area contributed by atoms with Crippen LogP contribution in [0.25, 0.3) is 0 Å². The summed E-state index contributed by atoms with van der Waals surface area (Å²) in [5.41, 5.74) is 0. The highest BCUT2D eigenvalue weighted by molar-refractivity contribution is 5.72. The summed E-state index contributed by atoms with van der Waals surface area (Å²) < 4.78 is 4.61. The Balaban J connectivity index is 3.87. The molecule has 0 saturated carbocycles. The molecule has 0 radical (unpaired) electrons. The highest BCUT2D eigenvalue weighted by Gasteiger charge is 2.16. The standard InChI is InChI=1S/C10H15NO4/c1-3-5-8(9(12)13)7-11-10(14)15-6-4-2/h3-4,8H,1-2,5-7H2,(H,11,14)(H,12,13). The van der Waals surface area contributed by atoms with Crippen molar-refractivity contribution in [2.75, 3.05) is 13.2 Å². The van der Waals surface area contributed by atoms with E-state index >= 15 is 0 Å². The number of carboxylic acids is 1. The van der Waals surface area contributed by atoms with Gasteiger partial charge in [0.25, 0.3) is 0 Å². The van der Waals surface area contributed by atoms with E-state index in [0.29, 0.717) is 6.42 Å². The van der Waals surface area contributed by atoms with Crippen molar-refractivity contribution < 1.29 is 19.4 Å². The molecule has 0 fully saturated rings. The van der Waals surface area contributed by atoms with Crippen LogP contribution in [-0.4, -0.2) is 30.3 Å². The van der Waals surface area contributed by atoms with Gasteiger partial charge in [-0.2, -0.15) is 0 Å². The Morgan fingerprint density at radius 1 is 1.40 bits per heavy atom. The van der Waals surface area contributed by atoms with Crippen molar-refractivity contribution in [1.29, 1.82) is 0 Å². The molecule has 1 amide bonds. The molecule has 0 aliphatic heterocycles. The van der Waals surface area contributed by atoms with Crippen LogP contribution in [0.1, 0.15) is 6.42 Å². The minimum atomic E-state index is -0.973. The van der Waals surface area contributed by atoms with Crippen LogP contribution in [0.2, 0.25) is 0 Å². The molecule has 0 saturated heterocycles. The van der Waals surface area contributed by atoms with Gasteiger partial charge in [-0.3, -0.25) is 4.79 Å². The Hall–Kier alpha value is -1.78. The van der Waals surface area contributed by atoms with Gasteiger partial charge in [-0.1, -0.05) is 18.7 Å². The lowest BCUT2D eigenvalue weighted by Gasteiger charge is -2.10. The molecule has 0 aliphatic rings. The van der Waals surface area contributed by atoms with E-state index in [0.717, 1.165) is 0 Å². The van der Waals surface area contributed by atoms with E-state index in [1.54, 1.807) is 0 Å². The number of nitrogens with one attached hydrogen (secondary N) is 1. The Bertz CT molecular complexity index is 250. The maximum atomic E-state index is 10.9. The first-order valence-corrected chi connectivity index (χ1v) is 4.47. The molecule has 0 spiro atoms. The molecule has 1 unspecified atom stereocenters. The number of carbonyl (C=O) groups is 2. The number of carboxylic acid groups (broad SMARTS) is 1. The molecule has 5 nitrogen and oxygen atoms in total. The Morgan fingerprint density at radius 2 is 2.07 bits per heavy atom. The predicted molar refractivity (Wildman–Crippen MR) is 55.5 cm³/mol. The van der Waals surface area contributed by atoms with Crippen LogP contribution >= 0.6 is 0 Å². The number of hydrogen-bond donors (Lipinski definition) is 2. The number of amides is 1. The maximum absolute atomic E-state index is 10.9. The Morgan fingerprint density at radius 3 is 2.53 bits per heavy atom. The van der Waals surface area contributed by atoms with Crippen molar-refractivity contribution >= 4 is 12.1 Å². The highest BCUT2D eigenvalue weighted by Crippen LogP contribution is 2.02. The van der Waals surface area contributed by atoms with Crippen LogP contribution < -0.4 is 5.32 Å². The van der Waals surface area contributed by atoms with E-state index in [-0.39, 0.29) is 13.2 Å². The van der Waals surface area contributed by atoms with Gasteiger partial charge in [0.15, 0.2) is 0 Å². The number of hydrogen-bond acceptors (Lipinski definition) is 3. The fraction of sp³-hybridized carbons (Fsp3) is 0.400. The summed E-state index contributed by atoms with van der Waals surface area (Å²) in [6.07, 6.45) is 2.58. The van der Waals surface area contributed by atoms with Crippen LogP contribution in [0.3, 0.4) is 0 Å². The second-order valence-electron chi connectivity index (χ2n) is 2.83. The summed E-state index contributed by atoms with van der Waals surface area (Å²) in [7, 11) is 0. The molecule has 2 N–H and O–H groups in total. The summed E-state index contributed by atoms with van der Waals surface area (Å²) in [6.45, 7) is 6.94. The van der Waals surface area contributed by atoms with E-state index in [9.17, 15) is 9.59 Å². The number of carbonyl (C=O) groups excluding carboxylic acids is 1. The molecule has 15 heavy (non-hydrogen) atoms. The first kappa shape index (κ1) is 13.2. The van der Waals surface area contributed by atoms with Gasteiger partial charge in [-0.05, 0) is 6.42 Å². The monoisotopic (exact) mass is 213 g/mol. The van der Waals surface area contributed by atoms with Gasteiger partial charge in [0.05, 0.1) is 5.92 Å². The van der Waals surface area contributed by atoms with Crippen LogP contribution in [0, 0.1) is 5.92 Å². The fourth-order valence-corrected chi connectivity index (χ4v) is 0.865. The second-order valence-corrected chi connectivity index (χ2v) is 2.83. The van der Waals surface area contributed by atoms with Gasteiger partial charge in [-0.25, -0.2) is 4.79 Å². The van der Waals surface area contributed by atoms with Gasteiger partial charge in [-0.15, -0.1) is 6.58 Å². The molecule has 0 aromatic heterocycles. The van der Waals surface area contributed by atoms with E-state index in [1.807, 2.05) is 0 Å². The molecule has 0 rings (SSSR count). The molecule has 0 bridgehead atoms. The van der Waals surface area contributed by atoms with Crippen LogP contribution in [0.5, 0.6) is 0 Å². The lowest BCUT2D eigenvalue weighted by Crippen LogP contribution is -2.33. The quantitative estimate of drug-likeness (QED) is 0.622. The highest BCUT2D eigenvalue weighted by atomic mass is 16.5. The van der Waals surface area contributed by atoms with Gasteiger partial charge < -0.3 is 15.2 Å². The largest absolute Gasteiger partial charge is 0.481 e. The minimum absolute atomic E-state index is 0.0251. The molecule has 0 aromatic rings. The second kappa shape index (κ2) is 7.61. The zero-order chi connectivity index (χ0) is 11.7. The SMILES string of the molecule is C=CCOC(=O)NCC(CC=C)C(=O)O. The van der Waals surface area contributed by atoms with Crippen molar-refractivity contribution in [1.82, 2.24) is 5.32 Å². The van der Waals surface area contributed by atoms with Crippen LogP contribution in [-0.2, 0) is 9.53 Å². The zero-order valence-electron chi connectivity index (χ0n) is 8.44. The topological polar surface area (TPSA) is 75.6 Å². The molecular formula is C10H15NO4. The van der Waals surface area contributed by atoms with E-state index in [2.05, 4.69) is 23.2 Å². The van der Waals surface area contributed by atoms with Crippen molar-refractivity contribution in [3.05, 3.63) is 25.3 Å². The third kappa shape index (κ3) is 6.31. The number of rotatable bonds is 7. The van der Waals surface area contributed by atoms with Crippen molar-refractivity contribution in [3.63, 3.8) is 0 Å². The van der Waals surface area contributed by atoms with Crippen molar-refractivity contribution in [2.45, 2.75) is 6.42 Å². The van der Waals surface area contributed by atoms with E-state index < -0.39 is 18.0 Å².